The fourth-order valence-corrected chi connectivity index (χ4v) is 2.56. The molecule has 0 unspecified atom stereocenters. The van der Waals surface area contributed by atoms with E-state index in [1.165, 1.54) is 11.3 Å². The summed E-state index contributed by atoms with van der Waals surface area (Å²) < 4.78 is 0. The average molecular weight is 283 g/mol. The third-order valence-electron chi connectivity index (χ3n) is 3.13. The van der Waals surface area contributed by atoms with Crippen LogP contribution in [-0.4, -0.2) is 19.6 Å². The second-order valence-electron chi connectivity index (χ2n) is 5.35. The van der Waals surface area contributed by atoms with Crippen LogP contribution in [0.1, 0.15) is 39.7 Å². The SMILES string of the molecule is CCCN(CC)c1c(Cl)cccc1CNCC(C)C. The lowest BCUT2D eigenvalue weighted by Crippen LogP contribution is -2.27. The fourth-order valence-electron chi connectivity index (χ4n) is 2.25. The first kappa shape index (κ1) is 16.3. The molecule has 0 amide bonds. The van der Waals surface area contributed by atoms with E-state index in [0.717, 1.165) is 37.6 Å². The lowest BCUT2D eigenvalue weighted by atomic mass is 10.1. The van der Waals surface area contributed by atoms with Crippen molar-refractivity contribution in [1.82, 2.24) is 5.32 Å². The van der Waals surface area contributed by atoms with Crippen molar-refractivity contribution in [1.29, 1.82) is 0 Å². The predicted octanol–water partition coefficient (Wildman–Crippen LogP) is 4.32. The molecule has 0 bridgehead atoms. The van der Waals surface area contributed by atoms with Crippen LogP contribution in [0.25, 0.3) is 0 Å². The molecule has 0 heterocycles. The first-order chi connectivity index (χ1) is 9.10. The van der Waals surface area contributed by atoms with Gasteiger partial charge in [0.2, 0.25) is 0 Å². The van der Waals surface area contributed by atoms with Crippen molar-refractivity contribution < 1.29 is 0 Å². The van der Waals surface area contributed by atoms with Gasteiger partial charge in [0.15, 0.2) is 0 Å². The molecule has 0 aliphatic rings. The topological polar surface area (TPSA) is 15.3 Å². The van der Waals surface area contributed by atoms with Crippen molar-refractivity contribution in [3.05, 3.63) is 28.8 Å². The minimum absolute atomic E-state index is 0.667. The summed E-state index contributed by atoms with van der Waals surface area (Å²) >= 11 is 6.41. The molecule has 0 saturated carbocycles. The van der Waals surface area contributed by atoms with Gasteiger partial charge in [-0.3, -0.25) is 0 Å². The number of nitrogens with one attached hydrogen (secondary N) is 1. The van der Waals surface area contributed by atoms with Crippen molar-refractivity contribution in [2.75, 3.05) is 24.5 Å². The van der Waals surface area contributed by atoms with E-state index >= 15 is 0 Å². The molecule has 2 nitrogen and oxygen atoms in total. The van der Waals surface area contributed by atoms with E-state index in [-0.39, 0.29) is 0 Å². The molecule has 1 rings (SSSR count). The van der Waals surface area contributed by atoms with Crippen LogP contribution in [-0.2, 0) is 6.54 Å². The number of nitrogens with zero attached hydrogens (tertiary/aromatic N) is 1. The molecule has 0 radical (unpaired) electrons. The molecule has 0 aliphatic heterocycles. The van der Waals surface area contributed by atoms with Crippen LogP contribution in [0.15, 0.2) is 18.2 Å². The first-order valence-electron chi connectivity index (χ1n) is 7.33. The lowest BCUT2D eigenvalue weighted by molar-refractivity contribution is 0.552. The second kappa shape index (κ2) is 8.44. The number of para-hydroxylation sites is 1. The van der Waals surface area contributed by atoms with Gasteiger partial charge in [-0.05, 0) is 37.4 Å². The third-order valence-corrected chi connectivity index (χ3v) is 3.43. The van der Waals surface area contributed by atoms with Crippen LogP contribution >= 0.6 is 11.6 Å². The van der Waals surface area contributed by atoms with E-state index in [4.69, 9.17) is 11.6 Å². The largest absolute Gasteiger partial charge is 0.370 e. The van der Waals surface area contributed by atoms with E-state index < -0.39 is 0 Å². The minimum Gasteiger partial charge on any atom is -0.370 e. The molecule has 0 spiro atoms. The van der Waals surface area contributed by atoms with Crippen LogP contribution in [0.5, 0.6) is 0 Å². The molecule has 3 heteroatoms. The van der Waals surface area contributed by atoms with Gasteiger partial charge in [-0.15, -0.1) is 0 Å². The lowest BCUT2D eigenvalue weighted by Gasteiger charge is -2.26. The van der Waals surface area contributed by atoms with Crippen LogP contribution in [0.4, 0.5) is 5.69 Å². The van der Waals surface area contributed by atoms with Gasteiger partial charge in [0.1, 0.15) is 0 Å². The van der Waals surface area contributed by atoms with Crippen molar-refractivity contribution in [3.63, 3.8) is 0 Å². The number of benzene rings is 1. The molecule has 0 aromatic heterocycles. The maximum absolute atomic E-state index is 6.41. The van der Waals surface area contributed by atoms with Crippen molar-refractivity contribution in [3.8, 4) is 0 Å². The Morgan fingerprint density at radius 1 is 1.26 bits per heavy atom. The van der Waals surface area contributed by atoms with Crippen LogP contribution < -0.4 is 10.2 Å². The van der Waals surface area contributed by atoms with E-state index in [2.05, 4.69) is 44.0 Å². The van der Waals surface area contributed by atoms with Gasteiger partial charge >= 0.3 is 0 Å². The third kappa shape index (κ3) is 5.04. The van der Waals surface area contributed by atoms with Gasteiger partial charge in [0.05, 0.1) is 10.7 Å². The van der Waals surface area contributed by atoms with Crippen molar-refractivity contribution in [2.24, 2.45) is 5.92 Å². The first-order valence-corrected chi connectivity index (χ1v) is 7.70. The van der Waals surface area contributed by atoms with Crippen LogP contribution in [0, 0.1) is 5.92 Å². The van der Waals surface area contributed by atoms with Gasteiger partial charge in [-0.1, -0.05) is 44.5 Å². The number of halogens is 1. The van der Waals surface area contributed by atoms with Gasteiger partial charge < -0.3 is 10.2 Å². The maximum Gasteiger partial charge on any atom is 0.0642 e. The predicted molar refractivity (Wildman–Crippen MR) is 86.2 cm³/mol. The molecule has 0 saturated heterocycles. The van der Waals surface area contributed by atoms with E-state index in [0.29, 0.717) is 5.92 Å². The number of anilines is 1. The maximum atomic E-state index is 6.41. The van der Waals surface area contributed by atoms with E-state index in [1.807, 2.05) is 12.1 Å². The number of hydrogen-bond donors (Lipinski definition) is 1. The van der Waals surface area contributed by atoms with E-state index in [1.54, 1.807) is 0 Å². The molecule has 108 valence electrons. The van der Waals surface area contributed by atoms with E-state index in [9.17, 15) is 0 Å². The molecule has 19 heavy (non-hydrogen) atoms. The Bertz CT molecular complexity index is 377. The van der Waals surface area contributed by atoms with Gasteiger partial charge in [-0.25, -0.2) is 0 Å². The summed E-state index contributed by atoms with van der Waals surface area (Å²) in [6, 6.07) is 6.20. The second-order valence-corrected chi connectivity index (χ2v) is 5.76. The summed E-state index contributed by atoms with van der Waals surface area (Å²) in [5.74, 6) is 0.667. The zero-order valence-corrected chi connectivity index (χ0v) is 13.4. The molecular weight excluding hydrogens is 256 g/mol. The average Bonchev–Trinajstić information content (AvgIpc) is 2.36. The minimum atomic E-state index is 0.667. The Labute approximate surface area is 123 Å². The summed E-state index contributed by atoms with van der Waals surface area (Å²) in [6.07, 6.45) is 1.14. The molecule has 1 aromatic carbocycles. The molecule has 1 aromatic rings. The quantitative estimate of drug-likeness (QED) is 0.764. The smallest absolute Gasteiger partial charge is 0.0642 e. The highest BCUT2D eigenvalue weighted by Gasteiger charge is 2.12. The monoisotopic (exact) mass is 282 g/mol. The Hall–Kier alpha value is -0.730. The normalized spacial score (nSPS) is 11.1. The van der Waals surface area contributed by atoms with Gasteiger partial charge in [0, 0.05) is 19.6 Å². The molecule has 1 N–H and O–H groups in total. The highest BCUT2D eigenvalue weighted by Crippen LogP contribution is 2.30. The number of hydrogen-bond acceptors (Lipinski definition) is 2. The molecular formula is C16H27ClN2. The number of rotatable bonds is 8. The highest BCUT2D eigenvalue weighted by molar-refractivity contribution is 6.33. The fraction of sp³-hybridized carbons (Fsp3) is 0.625. The van der Waals surface area contributed by atoms with Gasteiger partial charge in [-0.2, -0.15) is 0 Å². The summed E-state index contributed by atoms with van der Waals surface area (Å²) in [7, 11) is 0. The van der Waals surface area contributed by atoms with Crippen LogP contribution in [0.3, 0.4) is 0 Å². The van der Waals surface area contributed by atoms with Crippen molar-refractivity contribution in [2.45, 2.75) is 40.7 Å². The Morgan fingerprint density at radius 2 is 2.00 bits per heavy atom. The zero-order valence-electron chi connectivity index (χ0n) is 12.7. The Morgan fingerprint density at radius 3 is 2.58 bits per heavy atom. The zero-order chi connectivity index (χ0) is 14.3. The summed E-state index contributed by atoms with van der Waals surface area (Å²) in [5, 5.41) is 4.36. The Balaban J connectivity index is 2.87. The highest BCUT2D eigenvalue weighted by atomic mass is 35.5. The molecule has 0 aliphatic carbocycles. The standard InChI is InChI=1S/C16H27ClN2/c1-5-10-19(6-2)16-14(8-7-9-15(16)17)12-18-11-13(3)4/h7-9,13,18H,5-6,10-12H2,1-4H3. The van der Waals surface area contributed by atoms with Crippen LogP contribution in [0.2, 0.25) is 5.02 Å². The molecule has 0 atom stereocenters. The van der Waals surface area contributed by atoms with Crippen molar-refractivity contribution >= 4 is 17.3 Å². The summed E-state index contributed by atoms with van der Waals surface area (Å²) in [5.41, 5.74) is 2.49. The summed E-state index contributed by atoms with van der Waals surface area (Å²) in [4.78, 5) is 2.37. The molecule has 0 fully saturated rings. The summed E-state index contributed by atoms with van der Waals surface area (Å²) in [6.45, 7) is 12.8. The van der Waals surface area contributed by atoms with Gasteiger partial charge in [0.25, 0.3) is 0 Å². The Kier molecular flexibility index (Phi) is 7.25.